The molecule has 126 valence electrons. The normalized spacial score (nSPS) is 15.8. The number of nitrogens with one attached hydrogen (secondary N) is 2. The monoisotopic (exact) mass is 361 g/mol. The van der Waals surface area contributed by atoms with E-state index in [-0.39, 0.29) is 5.54 Å². The van der Waals surface area contributed by atoms with Gasteiger partial charge in [-0.1, -0.05) is 42.6 Å². The van der Waals surface area contributed by atoms with Crippen molar-refractivity contribution in [2.24, 2.45) is 0 Å². The van der Waals surface area contributed by atoms with E-state index in [1.807, 2.05) is 24.3 Å². The van der Waals surface area contributed by atoms with Gasteiger partial charge in [0.25, 0.3) is 0 Å². The van der Waals surface area contributed by atoms with Crippen molar-refractivity contribution in [1.82, 2.24) is 10.3 Å². The predicted octanol–water partition coefficient (Wildman–Crippen LogP) is 4.50. The third-order valence-corrected chi connectivity index (χ3v) is 4.94. The fraction of sp³-hybridized carbons (Fsp3) is 0.333. The number of benzene rings is 1. The zero-order chi connectivity index (χ0) is 17.0. The second kappa shape index (κ2) is 7.36. The van der Waals surface area contributed by atoms with Gasteiger partial charge in [0.15, 0.2) is 5.11 Å². The minimum atomic E-state index is -0.206. The van der Waals surface area contributed by atoms with E-state index in [4.69, 9.17) is 28.6 Å². The Morgan fingerprint density at radius 2 is 1.96 bits per heavy atom. The number of hydrogen-bond donors (Lipinski definition) is 2. The molecule has 24 heavy (non-hydrogen) atoms. The molecule has 0 unspecified atom stereocenters. The Hall–Kier alpha value is -1.85. The van der Waals surface area contributed by atoms with Crippen LogP contribution in [-0.4, -0.2) is 17.2 Å². The van der Waals surface area contributed by atoms with Crippen molar-refractivity contribution < 1.29 is 4.74 Å². The number of halogens is 1. The van der Waals surface area contributed by atoms with E-state index < -0.39 is 0 Å². The fourth-order valence-corrected chi connectivity index (χ4v) is 3.87. The molecule has 0 spiro atoms. The molecule has 0 atom stereocenters. The lowest BCUT2D eigenvalue weighted by Gasteiger charge is -2.33. The summed E-state index contributed by atoms with van der Waals surface area (Å²) in [5, 5.41) is 8.05. The second-order valence-electron chi connectivity index (χ2n) is 5.94. The molecule has 1 aromatic heterocycles. The Kier molecular flexibility index (Phi) is 5.21. The molecule has 1 aromatic carbocycles. The third kappa shape index (κ3) is 3.62. The Morgan fingerprint density at radius 3 is 2.58 bits per heavy atom. The van der Waals surface area contributed by atoms with Gasteiger partial charge in [-0.3, -0.25) is 0 Å². The lowest BCUT2D eigenvalue weighted by Crippen LogP contribution is -2.45. The average molecular weight is 362 g/mol. The molecule has 2 N–H and O–H groups in total. The van der Waals surface area contributed by atoms with Crippen molar-refractivity contribution in [3.63, 3.8) is 0 Å². The number of hydrogen-bond acceptors (Lipinski definition) is 3. The predicted molar refractivity (Wildman–Crippen MR) is 102 cm³/mol. The van der Waals surface area contributed by atoms with Crippen molar-refractivity contribution in [3.8, 4) is 5.88 Å². The van der Waals surface area contributed by atoms with E-state index in [2.05, 4.69) is 21.7 Å². The first kappa shape index (κ1) is 17.0. The van der Waals surface area contributed by atoms with Crippen LogP contribution in [-0.2, 0) is 5.54 Å². The van der Waals surface area contributed by atoms with Gasteiger partial charge in [0.2, 0.25) is 5.88 Å². The molecule has 0 radical (unpaired) electrons. The van der Waals surface area contributed by atoms with Gasteiger partial charge in [-0.2, -0.15) is 0 Å². The van der Waals surface area contributed by atoms with Gasteiger partial charge < -0.3 is 15.4 Å². The molecule has 3 rings (SSSR count). The summed E-state index contributed by atoms with van der Waals surface area (Å²) in [6.45, 7) is 0. The van der Waals surface area contributed by atoms with Crippen molar-refractivity contribution in [2.75, 3.05) is 12.4 Å². The highest BCUT2D eigenvalue weighted by Gasteiger charge is 2.37. The first-order valence-corrected chi connectivity index (χ1v) is 8.76. The highest BCUT2D eigenvalue weighted by Crippen LogP contribution is 2.41. The van der Waals surface area contributed by atoms with E-state index >= 15 is 0 Å². The Bertz CT molecular complexity index is 714. The zero-order valence-corrected chi connectivity index (χ0v) is 15.1. The van der Waals surface area contributed by atoms with Gasteiger partial charge >= 0.3 is 0 Å². The van der Waals surface area contributed by atoms with E-state index in [0.717, 1.165) is 42.0 Å². The molecule has 6 heteroatoms. The largest absolute Gasteiger partial charge is 0.481 e. The summed E-state index contributed by atoms with van der Waals surface area (Å²) in [5.74, 6) is 0.572. The average Bonchev–Trinajstić information content (AvgIpc) is 3.05. The quantitative estimate of drug-likeness (QED) is 0.785. The van der Waals surface area contributed by atoms with Gasteiger partial charge in [-0.05, 0) is 42.8 Å². The molecule has 1 fully saturated rings. The molecule has 1 heterocycles. The second-order valence-corrected chi connectivity index (χ2v) is 6.75. The minimum Gasteiger partial charge on any atom is -0.481 e. The lowest BCUT2D eigenvalue weighted by atomic mass is 9.88. The smallest absolute Gasteiger partial charge is 0.213 e. The number of pyridine rings is 1. The van der Waals surface area contributed by atoms with Crippen LogP contribution in [0.4, 0.5) is 5.69 Å². The Balaban J connectivity index is 1.76. The highest BCUT2D eigenvalue weighted by atomic mass is 35.5. The van der Waals surface area contributed by atoms with Crippen LogP contribution in [0.15, 0.2) is 42.6 Å². The maximum absolute atomic E-state index is 6.44. The summed E-state index contributed by atoms with van der Waals surface area (Å²) in [6.07, 6.45) is 6.04. The zero-order valence-electron chi connectivity index (χ0n) is 13.5. The summed E-state index contributed by atoms with van der Waals surface area (Å²) in [5.41, 5.74) is 1.73. The van der Waals surface area contributed by atoms with Crippen molar-refractivity contribution in [1.29, 1.82) is 0 Å². The van der Waals surface area contributed by atoms with E-state index in [0.29, 0.717) is 11.0 Å². The molecule has 0 amide bonds. The molecule has 4 nitrogen and oxygen atoms in total. The van der Waals surface area contributed by atoms with Crippen molar-refractivity contribution in [3.05, 3.63) is 53.2 Å². The Labute approximate surface area is 152 Å². The maximum Gasteiger partial charge on any atom is 0.213 e. The molecule has 1 aliphatic rings. The first-order chi connectivity index (χ1) is 11.6. The molecule has 1 aliphatic carbocycles. The summed E-state index contributed by atoms with van der Waals surface area (Å²) in [7, 11) is 1.59. The fourth-order valence-electron chi connectivity index (χ4n) is 3.24. The third-order valence-electron chi connectivity index (χ3n) is 4.40. The summed E-state index contributed by atoms with van der Waals surface area (Å²) in [4.78, 5) is 4.18. The van der Waals surface area contributed by atoms with Crippen LogP contribution in [0.5, 0.6) is 5.88 Å². The maximum atomic E-state index is 6.44. The molecule has 0 aliphatic heterocycles. The number of anilines is 1. The highest BCUT2D eigenvalue weighted by molar-refractivity contribution is 7.80. The van der Waals surface area contributed by atoms with Crippen LogP contribution < -0.4 is 15.4 Å². The van der Waals surface area contributed by atoms with Crippen LogP contribution in [0.2, 0.25) is 5.02 Å². The molecule has 0 bridgehead atoms. The molecule has 0 saturated heterocycles. The molecular weight excluding hydrogens is 342 g/mol. The van der Waals surface area contributed by atoms with Crippen LogP contribution in [0, 0.1) is 0 Å². The summed E-state index contributed by atoms with van der Waals surface area (Å²) < 4.78 is 5.07. The van der Waals surface area contributed by atoms with E-state index in [1.54, 1.807) is 19.4 Å². The van der Waals surface area contributed by atoms with Crippen molar-refractivity contribution in [2.45, 2.75) is 31.2 Å². The van der Waals surface area contributed by atoms with Gasteiger partial charge in [-0.25, -0.2) is 4.98 Å². The molecule has 1 saturated carbocycles. The van der Waals surface area contributed by atoms with Crippen LogP contribution >= 0.6 is 23.8 Å². The van der Waals surface area contributed by atoms with Gasteiger partial charge in [0.05, 0.1) is 24.5 Å². The van der Waals surface area contributed by atoms with E-state index in [1.165, 1.54) is 0 Å². The number of ether oxygens (including phenoxy) is 1. The number of rotatable bonds is 4. The number of thiocarbonyl (C=S) groups is 1. The van der Waals surface area contributed by atoms with Gasteiger partial charge in [0.1, 0.15) is 0 Å². The van der Waals surface area contributed by atoms with Gasteiger partial charge in [0, 0.05) is 11.1 Å². The Morgan fingerprint density at radius 1 is 1.21 bits per heavy atom. The van der Waals surface area contributed by atoms with Crippen LogP contribution in [0.1, 0.15) is 31.2 Å². The van der Waals surface area contributed by atoms with Crippen LogP contribution in [0.3, 0.4) is 0 Å². The van der Waals surface area contributed by atoms with Gasteiger partial charge in [-0.15, -0.1) is 0 Å². The summed E-state index contributed by atoms with van der Waals surface area (Å²) in [6, 6.07) is 11.7. The van der Waals surface area contributed by atoms with Crippen molar-refractivity contribution >= 4 is 34.6 Å². The lowest BCUT2D eigenvalue weighted by molar-refractivity contribution is 0.398. The number of nitrogens with zero attached hydrogens (tertiary/aromatic N) is 1. The topological polar surface area (TPSA) is 46.2 Å². The SMILES string of the molecule is COc1ccc(NC(=S)NC2(c3ccccc3Cl)CCCC2)cn1. The molecule has 2 aromatic rings. The minimum absolute atomic E-state index is 0.206. The number of methoxy groups -OCH3 is 1. The first-order valence-electron chi connectivity index (χ1n) is 7.97. The standard InChI is InChI=1S/C18H20ClN3OS/c1-23-16-9-8-13(12-20-16)21-17(24)22-18(10-4-5-11-18)14-6-2-3-7-15(14)19/h2-3,6-9,12H,4-5,10-11H2,1H3,(H2,21,22,24). The van der Waals surface area contributed by atoms with Crippen LogP contribution in [0.25, 0.3) is 0 Å². The summed E-state index contributed by atoms with van der Waals surface area (Å²) >= 11 is 12.0. The molecular formula is C18H20ClN3OS. The van der Waals surface area contributed by atoms with E-state index in [9.17, 15) is 0 Å². The number of aromatic nitrogens is 1.